The zero-order valence-electron chi connectivity index (χ0n) is 14.4. The second-order valence-electron chi connectivity index (χ2n) is 5.63. The lowest BCUT2D eigenvalue weighted by Crippen LogP contribution is -2.25. The zero-order valence-corrected chi connectivity index (χ0v) is 14.4. The maximum atomic E-state index is 12.6. The Morgan fingerprint density at radius 3 is 2.48 bits per heavy atom. The van der Waals surface area contributed by atoms with Crippen LogP contribution in [0.3, 0.4) is 0 Å². The molecule has 3 rings (SSSR count). The van der Waals surface area contributed by atoms with Crippen molar-refractivity contribution in [1.29, 1.82) is 0 Å². The summed E-state index contributed by atoms with van der Waals surface area (Å²) in [5, 5.41) is 7.50. The number of aryl methyl sites for hydroxylation is 1. The lowest BCUT2D eigenvalue weighted by Gasteiger charge is -2.06. The van der Waals surface area contributed by atoms with Gasteiger partial charge in [-0.25, -0.2) is 0 Å². The summed E-state index contributed by atoms with van der Waals surface area (Å²) in [6.07, 6.45) is 0. The van der Waals surface area contributed by atoms with Crippen molar-refractivity contribution in [3.8, 4) is 17.0 Å². The number of methoxy groups -OCH3 is 1. The van der Waals surface area contributed by atoms with Crippen LogP contribution in [-0.2, 0) is 13.1 Å². The molecule has 0 saturated carbocycles. The van der Waals surface area contributed by atoms with Crippen LogP contribution in [-0.4, -0.2) is 22.8 Å². The highest BCUT2D eigenvalue weighted by Gasteiger charge is 2.15. The van der Waals surface area contributed by atoms with Crippen molar-refractivity contribution >= 4 is 5.91 Å². The molecule has 0 aliphatic carbocycles. The molecule has 5 nitrogen and oxygen atoms in total. The zero-order chi connectivity index (χ0) is 17.6. The monoisotopic (exact) mass is 335 g/mol. The lowest BCUT2D eigenvalue weighted by atomic mass is 10.1. The first-order valence-electron chi connectivity index (χ1n) is 8.25. The average molecular weight is 335 g/mol. The molecule has 128 valence electrons. The molecule has 0 bridgehead atoms. The van der Waals surface area contributed by atoms with Gasteiger partial charge in [0.15, 0.2) is 0 Å². The maximum Gasteiger partial charge on any atom is 0.269 e. The first-order chi connectivity index (χ1) is 12.2. The van der Waals surface area contributed by atoms with Crippen molar-refractivity contribution in [3.63, 3.8) is 0 Å². The molecule has 1 heterocycles. The minimum absolute atomic E-state index is 0.127. The molecule has 2 aromatic carbocycles. The van der Waals surface area contributed by atoms with Gasteiger partial charge in [-0.05, 0) is 42.8 Å². The van der Waals surface area contributed by atoms with Gasteiger partial charge in [0.2, 0.25) is 0 Å². The van der Waals surface area contributed by atoms with Crippen molar-refractivity contribution in [2.24, 2.45) is 0 Å². The largest absolute Gasteiger partial charge is 0.497 e. The van der Waals surface area contributed by atoms with E-state index in [0.29, 0.717) is 18.8 Å². The van der Waals surface area contributed by atoms with Gasteiger partial charge >= 0.3 is 0 Å². The molecule has 1 aromatic heterocycles. The van der Waals surface area contributed by atoms with Crippen LogP contribution in [0.15, 0.2) is 60.7 Å². The lowest BCUT2D eigenvalue weighted by molar-refractivity contribution is 0.0940. The number of nitrogens with one attached hydrogen (secondary N) is 1. The third kappa shape index (κ3) is 3.88. The number of amides is 1. The minimum atomic E-state index is -0.127. The smallest absolute Gasteiger partial charge is 0.269 e. The van der Waals surface area contributed by atoms with Crippen LogP contribution >= 0.6 is 0 Å². The molecule has 0 spiro atoms. The molecule has 0 radical (unpaired) electrons. The fourth-order valence-electron chi connectivity index (χ4n) is 2.61. The molecule has 1 amide bonds. The Bertz CT molecular complexity index is 839. The molecule has 5 heteroatoms. The topological polar surface area (TPSA) is 56.2 Å². The minimum Gasteiger partial charge on any atom is -0.497 e. The van der Waals surface area contributed by atoms with Crippen LogP contribution in [0.2, 0.25) is 0 Å². The highest BCUT2D eigenvalue weighted by Crippen LogP contribution is 2.22. The molecular weight excluding hydrogens is 314 g/mol. The Morgan fingerprint density at radius 1 is 1.12 bits per heavy atom. The molecule has 25 heavy (non-hydrogen) atoms. The second kappa shape index (κ2) is 7.66. The number of hydrogen-bond donors (Lipinski definition) is 1. The fraction of sp³-hybridized carbons (Fsp3) is 0.200. The highest BCUT2D eigenvalue weighted by atomic mass is 16.5. The van der Waals surface area contributed by atoms with Crippen molar-refractivity contribution in [2.75, 3.05) is 7.11 Å². The van der Waals surface area contributed by atoms with Gasteiger partial charge in [-0.1, -0.05) is 30.3 Å². The summed E-state index contributed by atoms with van der Waals surface area (Å²) in [4.78, 5) is 12.6. The summed E-state index contributed by atoms with van der Waals surface area (Å²) in [6.45, 7) is 3.09. The fourth-order valence-corrected chi connectivity index (χ4v) is 2.61. The number of benzene rings is 2. The predicted octanol–water partition coefficient (Wildman–Crippen LogP) is 3.51. The number of carbonyl (C=O) groups excluding carboxylic acids is 1. The number of aromatic nitrogens is 2. The summed E-state index contributed by atoms with van der Waals surface area (Å²) in [5.41, 5.74) is 3.34. The molecule has 3 aromatic rings. The molecule has 0 aliphatic heterocycles. The summed E-state index contributed by atoms with van der Waals surface area (Å²) >= 11 is 0. The van der Waals surface area contributed by atoms with Gasteiger partial charge in [0.25, 0.3) is 5.91 Å². The van der Waals surface area contributed by atoms with Gasteiger partial charge in [0.1, 0.15) is 11.4 Å². The number of hydrogen-bond acceptors (Lipinski definition) is 3. The van der Waals surface area contributed by atoms with Crippen molar-refractivity contribution in [2.45, 2.75) is 20.0 Å². The Labute approximate surface area is 147 Å². The van der Waals surface area contributed by atoms with Gasteiger partial charge in [-0.3, -0.25) is 9.48 Å². The van der Waals surface area contributed by atoms with Crippen LogP contribution in [0, 0.1) is 0 Å². The highest BCUT2D eigenvalue weighted by molar-refractivity contribution is 5.93. The van der Waals surface area contributed by atoms with E-state index in [2.05, 4.69) is 10.4 Å². The summed E-state index contributed by atoms with van der Waals surface area (Å²) < 4.78 is 6.90. The van der Waals surface area contributed by atoms with Gasteiger partial charge in [-0.2, -0.15) is 5.10 Å². The second-order valence-corrected chi connectivity index (χ2v) is 5.63. The van der Waals surface area contributed by atoms with E-state index in [0.717, 1.165) is 22.6 Å². The van der Waals surface area contributed by atoms with Gasteiger partial charge < -0.3 is 10.1 Å². The molecule has 0 unspecified atom stereocenters. The SMILES string of the molecule is CCn1nc(-c2ccc(OC)cc2)cc1C(=O)NCc1ccccc1. The summed E-state index contributed by atoms with van der Waals surface area (Å²) in [7, 11) is 1.63. The van der Waals surface area contributed by atoms with E-state index < -0.39 is 0 Å². The Kier molecular flexibility index (Phi) is 5.14. The van der Waals surface area contributed by atoms with E-state index in [1.165, 1.54) is 0 Å². The first kappa shape index (κ1) is 16.8. The summed E-state index contributed by atoms with van der Waals surface area (Å²) in [6, 6.07) is 19.3. The number of ether oxygens (including phenoxy) is 1. The van der Waals surface area contributed by atoms with E-state index in [1.807, 2.05) is 67.6 Å². The third-order valence-corrected chi connectivity index (χ3v) is 3.99. The van der Waals surface area contributed by atoms with E-state index in [9.17, 15) is 4.79 Å². The standard InChI is InChI=1S/C20H21N3O2/c1-3-23-19(20(24)21-14-15-7-5-4-6-8-15)13-18(22-23)16-9-11-17(25-2)12-10-16/h4-13H,3,14H2,1-2H3,(H,21,24). The number of rotatable bonds is 6. The molecule has 0 fully saturated rings. The number of carbonyl (C=O) groups is 1. The van der Waals surface area contributed by atoms with Crippen LogP contribution < -0.4 is 10.1 Å². The normalized spacial score (nSPS) is 10.5. The Morgan fingerprint density at radius 2 is 1.84 bits per heavy atom. The third-order valence-electron chi connectivity index (χ3n) is 3.99. The predicted molar refractivity (Wildman–Crippen MR) is 97.5 cm³/mol. The van der Waals surface area contributed by atoms with Crippen molar-refractivity contribution in [1.82, 2.24) is 15.1 Å². The van der Waals surface area contributed by atoms with E-state index in [-0.39, 0.29) is 5.91 Å². The first-order valence-corrected chi connectivity index (χ1v) is 8.25. The molecule has 1 N–H and O–H groups in total. The average Bonchev–Trinajstić information content (AvgIpc) is 3.11. The number of nitrogens with zero attached hydrogens (tertiary/aromatic N) is 2. The molecule has 0 atom stereocenters. The van der Waals surface area contributed by atoms with Gasteiger partial charge in [0, 0.05) is 18.7 Å². The van der Waals surface area contributed by atoms with Crippen molar-refractivity contribution < 1.29 is 9.53 Å². The van der Waals surface area contributed by atoms with E-state index in [4.69, 9.17) is 4.74 Å². The Hall–Kier alpha value is -3.08. The molecule has 0 aliphatic rings. The van der Waals surface area contributed by atoms with E-state index in [1.54, 1.807) is 11.8 Å². The summed E-state index contributed by atoms with van der Waals surface area (Å²) in [5.74, 6) is 0.664. The van der Waals surface area contributed by atoms with Gasteiger partial charge in [0.05, 0.1) is 12.8 Å². The quantitative estimate of drug-likeness (QED) is 0.750. The molecular formula is C20H21N3O2. The van der Waals surface area contributed by atoms with Crippen LogP contribution in [0.5, 0.6) is 5.75 Å². The van der Waals surface area contributed by atoms with Crippen LogP contribution in [0.1, 0.15) is 23.0 Å². The van der Waals surface area contributed by atoms with Crippen LogP contribution in [0.4, 0.5) is 0 Å². The van der Waals surface area contributed by atoms with E-state index >= 15 is 0 Å². The van der Waals surface area contributed by atoms with Crippen molar-refractivity contribution in [3.05, 3.63) is 71.9 Å². The van der Waals surface area contributed by atoms with Crippen LogP contribution in [0.25, 0.3) is 11.3 Å². The Balaban J connectivity index is 1.78. The van der Waals surface area contributed by atoms with Gasteiger partial charge in [-0.15, -0.1) is 0 Å². The molecule has 0 saturated heterocycles. The maximum absolute atomic E-state index is 12.6.